The first kappa shape index (κ1) is 11.4. The van der Waals surface area contributed by atoms with Crippen molar-refractivity contribution in [3.05, 3.63) is 34.2 Å². The van der Waals surface area contributed by atoms with Gasteiger partial charge in [-0.1, -0.05) is 6.07 Å². The summed E-state index contributed by atoms with van der Waals surface area (Å²) in [6.07, 6.45) is 0. The highest BCUT2D eigenvalue weighted by molar-refractivity contribution is 7.10. The quantitative estimate of drug-likeness (QED) is 0.742. The number of hydrogen-bond acceptors (Lipinski definition) is 4. The van der Waals surface area contributed by atoms with Gasteiger partial charge in [0.25, 0.3) is 0 Å². The third-order valence-electron chi connectivity index (χ3n) is 2.79. The second-order valence-corrected chi connectivity index (χ2v) is 5.36. The zero-order valence-electron chi connectivity index (χ0n) is 10.3. The Kier molecular flexibility index (Phi) is 2.65. The van der Waals surface area contributed by atoms with Crippen molar-refractivity contribution in [1.29, 1.82) is 0 Å². The third kappa shape index (κ3) is 1.91. The molecule has 0 aliphatic carbocycles. The molecular weight excluding hydrogens is 244 g/mol. The largest absolute Gasteiger partial charge is 0.337 e. The number of nitrogens with zero attached hydrogens (tertiary/aromatic N) is 2. The van der Waals surface area contributed by atoms with Crippen LogP contribution in [-0.4, -0.2) is 15.0 Å². The Morgan fingerprint density at radius 1 is 1.33 bits per heavy atom. The lowest BCUT2D eigenvalue weighted by Crippen LogP contribution is -2.03. The van der Waals surface area contributed by atoms with Gasteiger partial charge in [-0.15, -0.1) is 11.3 Å². The molecule has 92 valence electrons. The Balaban J connectivity index is 2.07. The van der Waals surface area contributed by atoms with E-state index in [1.165, 1.54) is 5.56 Å². The summed E-state index contributed by atoms with van der Waals surface area (Å²) in [5, 5.41) is 2.92. The van der Waals surface area contributed by atoms with Crippen molar-refractivity contribution in [3.63, 3.8) is 0 Å². The van der Waals surface area contributed by atoms with Gasteiger partial charge in [0.2, 0.25) is 0 Å². The molecule has 3 N–H and O–H groups in total. The number of aromatic nitrogens is 3. The molecule has 0 fully saturated rings. The fourth-order valence-electron chi connectivity index (χ4n) is 1.85. The number of nitrogens with one attached hydrogen (secondary N) is 1. The maximum Gasteiger partial charge on any atom is 0.158 e. The predicted octanol–water partition coefficient (Wildman–Crippen LogP) is 3.01. The Morgan fingerprint density at radius 3 is 2.89 bits per heavy atom. The first-order valence-electron chi connectivity index (χ1n) is 5.81. The molecule has 0 spiro atoms. The van der Waals surface area contributed by atoms with E-state index in [1.807, 2.05) is 18.4 Å². The van der Waals surface area contributed by atoms with Crippen LogP contribution in [0.1, 0.15) is 23.5 Å². The number of fused-ring (bicyclic) bond motifs is 1. The number of nitrogens with two attached hydrogens (primary N) is 1. The maximum atomic E-state index is 5.82. The molecule has 0 saturated heterocycles. The van der Waals surface area contributed by atoms with Crippen LogP contribution in [-0.2, 0) is 0 Å². The Morgan fingerprint density at radius 2 is 2.17 bits per heavy atom. The molecule has 3 aromatic rings. The van der Waals surface area contributed by atoms with Crippen LogP contribution in [0.2, 0.25) is 0 Å². The molecule has 0 amide bonds. The molecule has 0 bridgehead atoms. The number of aryl methyl sites for hydroxylation is 1. The number of benzene rings is 1. The van der Waals surface area contributed by atoms with Crippen LogP contribution in [0.25, 0.3) is 22.6 Å². The van der Waals surface area contributed by atoms with Crippen LogP contribution < -0.4 is 5.73 Å². The first-order chi connectivity index (χ1) is 8.63. The highest BCUT2D eigenvalue weighted by Gasteiger charge is 2.11. The number of imidazole rings is 1. The topological polar surface area (TPSA) is 67.6 Å². The summed E-state index contributed by atoms with van der Waals surface area (Å²) in [5.74, 6) is 0.804. The minimum Gasteiger partial charge on any atom is -0.337 e. The molecule has 2 aromatic heterocycles. The van der Waals surface area contributed by atoms with E-state index in [0.29, 0.717) is 0 Å². The SMILES string of the molecule is Cc1ccc2nc(-c3csc(C(C)N)n3)[nH]c2c1. The molecule has 0 aliphatic heterocycles. The summed E-state index contributed by atoms with van der Waals surface area (Å²) in [5.41, 5.74) is 9.90. The van der Waals surface area contributed by atoms with E-state index in [-0.39, 0.29) is 6.04 Å². The van der Waals surface area contributed by atoms with Crippen molar-refractivity contribution < 1.29 is 0 Å². The Labute approximate surface area is 109 Å². The number of H-pyrrole nitrogens is 1. The minimum atomic E-state index is -0.0321. The first-order valence-corrected chi connectivity index (χ1v) is 6.69. The number of hydrogen-bond donors (Lipinski definition) is 2. The molecule has 2 heterocycles. The molecule has 3 rings (SSSR count). The van der Waals surface area contributed by atoms with Crippen molar-refractivity contribution in [2.45, 2.75) is 19.9 Å². The van der Waals surface area contributed by atoms with Crippen LogP contribution in [0.3, 0.4) is 0 Å². The van der Waals surface area contributed by atoms with Gasteiger partial charge < -0.3 is 10.7 Å². The molecule has 0 radical (unpaired) electrons. The van der Waals surface area contributed by atoms with Crippen LogP contribution in [0.5, 0.6) is 0 Å². The Bertz CT molecular complexity index is 696. The number of thiazole rings is 1. The van der Waals surface area contributed by atoms with E-state index in [2.05, 4.69) is 34.0 Å². The normalized spacial score (nSPS) is 13.1. The van der Waals surface area contributed by atoms with Crippen molar-refractivity contribution >= 4 is 22.4 Å². The molecule has 1 aromatic carbocycles. The average Bonchev–Trinajstić information content (AvgIpc) is 2.93. The zero-order valence-corrected chi connectivity index (χ0v) is 11.1. The van der Waals surface area contributed by atoms with Gasteiger partial charge in [-0.05, 0) is 31.5 Å². The number of aromatic amines is 1. The van der Waals surface area contributed by atoms with Gasteiger partial charge in [0, 0.05) is 5.38 Å². The lowest BCUT2D eigenvalue weighted by Gasteiger charge is -1.96. The van der Waals surface area contributed by atoms with Crippen LogP contribution in [0, 0.1) is 6.92 Å². The van der Waals surface area contributed by atoms with Crippen molar-refractivity contribution in [2.75, 3.05) is 0 Å². The molecule has 1 unspecified atom stereocenters. The zero-order chi connectivity index (χ0) is 12.7. The molecule has 0 aliphatic rings. The summed E-state index contributed by atoms with van der Waals surface area (Å²) in [6.45, 7) is 4.00. The highest BCUT2D eigenvalue weighted by atomic mass is 32.1. The van der Waals surface area contributed by atoms with Crippen molar-refractivity contribution in [3.8, 4) is 11.5 Å². The summed E-state index contributed by atoms with van der Waals surface area (Å²) in [4.78, 5) is 12.3. The summed E-state index contributed by atoms with van der Waals surface area (Å²) < 4.78 is 0. The third-order valence-corrected chi connectivity index (χ3v) is 3.84. The fourth-order valence-corrected chi connectivity index (χ4v) is 2.61. The summed E-state index contributed by atoms with van der Waals surface area (Å²) in [6, 6.07) is 6.13. The van der Waals surface area contributed by atoms with Gasteiger partial charge in [-0.3, -0.25) is 0 Å². The van der Waals surface area contributed by atoms with E-state index >= 15 is 0 Å². The monoisotopic (exact) mass is 258 g/mol. The predicted molar refractivity (Wildman–Crippen MR) is 74.5 cm³/mol. The van der Waals surface area contributed by atoms with Crippen LogP contribution in [0.15, 0.2) is 23.6 Å². The lowest BCUT2D eigenvalue weighted by molar-refractivity contribution is 0.807. The van der Waals surface area contributed by atoms with Crippen LogP contribution >= 0.6 is 11.3 Å². The molecule has 0 saturated carbocycles. The Hall–Kier alpha value is -1.72. The molecule has 18 heavy (non-hydrogen) atoms. The van der Waals surface area contributed by atoms with Crippen molar-refractivity contribution in [1.82, 2.24) is 15.0 Å². The van der Waals surface area contributed by atoms with Crippen molar-refractivity contribution in [2.24, 2.45) is 5.73 Å². The fraction of sp³-hybridized carbons (Fsp3) is 0.231. The second kappa shape index (κ2) is 4.19. The molecule has 5 heteroatoms. The maximum absolute atomic E-state index is 5.82. The van der Waals surface area contributed by atoms with Gasteiger partial charge in [0.1, 0.15) is 10.7 Å². The van der Waals surface area contributed by atoms with E-state index in [4.69, 9.17) is 5.73 Å². The van der Waals surface area contributed by atoms with E-state index in [1.54, 1.807) is 11.3 Å². The lowest BCUT2D eigenvalue weighted by atomic mass is 10.2. The van der Waals surface area contributed by atoms with E-state index in [9.17, 15) is 0 Å². The summed E-state index contributed by atoms with van der Waals surface area (Å²) in [7, 11) is 0. The van der Waals surface area contributed by atoms with Gasteiger partial charge in [0.05, 0.1) is 17.1 Å². The van der Waals surface area contributed by atoms with Crippen LogP contribution in [0.4, 0.5) is 0 Å². The van der Waals surface area contributed by atoms with E-state index in [0.717, 1.165) is 27.6 Å². The molecule has 1 atom stereocenters. The number of rotatable bonds is 2. The van der Waals surface area contributed by atoms with Gasteiger partial charge >= 0.3 is 0 Å². The smallest absolute Gasteiger partial charge is 0.158 e. The minimum absolute atomic E-state index is 0.0321. The van der Waals surface area contributed by atoms with Gasteiger partial charge in [0.15, 0.2) is 5.82 Å². The second-order valence-electron chi connectivity index (χ2n) is 4.47. The molecule has 4 nitrogen and oxygen atoms in total. The average molecular weight is 258 g/mol. The van der Waals surface area contributed by atoms with Gasteiger partial charge in [-0.2, -0.15) is 0 Å². The highest BCUT2D eigenvalue weighted by Crippen LogP contribution is 2.24. The van der Waals surface area contributed by atoms with Gasteiger partial charge in [-0.25, -0.2) is 9.97 Å². The van der Waals surface area contributed by atoms with E-state index < -0.39 is 0 Å². The summed E-state index contributed by atoms with van der Waals surface area (Å²) >= 11 is 1.57. The standard InChI is InChI=1S/C13H14N4S/c1-7-3-4-9-10(5-7)16-12(15-9)11-6-18-13(17-11)8(2)14/h3-6,8H,14H2,1-2H3,(H,15,16). The molecular formula is C13H14N4S.